The fourth-order valence-corrected chi connectivity index (χ4v) is 11.5. The van der Waals surface area contributed by atoms with E-state index in [-0.39, 0.29) is 89.7 Å². The Morgan fingerprint density at radius 1 is 0.581 bits per heavy atom. The van der Waals surface area contributed by atoms with Crippen molar-refractivity contribution in [2.75, 3.05) is 26.4 Å². The van der Waals surface area contributed by atoms with E-state index in [2.05, 4.69) is 23.8 Å². The molecule has 5 aromatic rings. The molecular weight excluding hydrogens is 957 g/mol. The van der Waals surface area contributed by atoms with Crippen LogP contribution in [0.15, 0.2) is 103 Å². The van der Waals surface area contributed by atoms with Crippen LogP contribution < -0.4 is 4.74 Å². The van der Waals surface area contributed by atoms with Crippen molar-refractivity contribution in [1.82, 2.24) is 9.97 Å². The first kappa shape index (κ1) is 57.5. The molecule has 0 amide bonds. The summed E-state index contributed by atoms with van der Waals surface area (Å²) in [5.41, 5.74) is 2.93. The molecule has 0 bridgehead atoms. The molecule has 4 fully saturated rings. The van der Waals surface area contributed by atoms with Gasteiger partial charge < -0.3 is 34.6 Å². The van der Waals surface area contributed by atoms with E-state index in [0.717, 1.165) is 47.2 Å². The molecule has 0 saturated heterocycles. The summed E-state index contributed by atoms with van der Waals surface area (Å²) in [6.45, 7) is 16.9. The van der Waals surface area contributed by atoms with Crippen LogP contribution in [0, 0.1) is 66.7 Å². The zero-order valence-electron chi connectivity index (χ0n) is 43.8. The minimum Gasteiger partial charge on any atom is -0.486 e. The second kappa shape index (κ2) is 23.9. The number of aryl methyl sites for hydroxylation is 2. The van der Waals surface area contributed by atoms with Crippen molar-refractivity contribution in [3.05, 3.63) is 160 Å². The van der Waals surface area contributed by atoms with Gasteiger partial charge in [-0.15, -0.1) is 0 Å². The highest BCUT2D eigenvalue weighted by atomic mass is 19.1. The lowest BCUT2D eigenvalue weighted by Gasteiger charge is -2.27. The summed E-state index contributed by atoms with van der Waals surface area (Å²) in [6, 6.07) is 25.9. The molecule has 0 aliphatic heterocycles. The number of benzene rings is 4. The third kappa shape index (κ3) is 12.7. The number of rotatable bonds is 16. The Labute approximate surface area is 432 Å². The minimum absolute atomic E-state index is 0.0302. The van der Waals surface area contributed by atoms with E-state index in [9.17, 15) is 42.5 Å². The molecule has 4 saturated carbocycles. The average Bonchev–Trinajstić information content (AvgIpc) is 4.18. The number of aromatic nitrogens is 2. The topological polar surface area (TPSA) is 169 Å². The van der Waals surface area contributed by atoms with E-state index in [0.29, 0.717) is 36.4 Å². The third-order valence-corrected chi connectivity index (χ3v) is 16.1. The predicted octanol–water partition coefficient (Wildman–Crippen LogP) is 9.74. The van der Waals surface area contributed by atoms with Crippen LogP contribution in [0.4, 0.5) is 17.6 Å². The summed E-state index contributed by atoms with van der Waals surface area (Å²) in [7, 11) is 0. The van der Waals surface area contributed by atoms with Gasteiger partial charge in [-0.1, -0.05) is 62.4 Å². The molecule has 15 heteroatoms. The van der Waals surface area contributed by atoms with Gasteiger partial charge in [0.2, 0.25) is 0 Å². The molecule has 0 radical (unpaired) electrons. The van der Waals surface area contributed by atoms with Crippen LogP contribution in [0.2, 0.25) is 0 Å². The molecule has 1 aromatic heterocycles. The first-order chi connectivity index (χ1) is 35.0. The molecule has 4 N–H and O–H groups in total. The van der Waals surface area contributed by atoms with Gasteiger partial charge in [-0.25, -0.2) is 27.5 Å². The van der Waals surface area contributed by atoms with Crippen LogP contribution in [0.3, 0.4) is 0 Å². The summed E-state index contributed by atoms with van der Waals surface area (Å²) in [5.74, 6) is 0.556. The van der Waals surface area contributed by atoms with Crippen molar-refractivity contribution in [1.29, 1.82) is 0 Å². The predicted molar refractivity (Wildman–Crippen MR) is 272 cm³/mol. The lowest BCUT2D eigenvalue weighted by atomic mass is 9.83. The quantitative estimate of drug-likeness (QED) is 0.0549. The molecule has 0 spiro atoms. The number of hydrogen-bond acceptors (Lipinski definition) is 11. The smallest absolute Gasteiger partial charge is 0.302 e. The Balaban J connectivity index is 0.000000163. The van der Waals surface area contributed by atoms with Crippen molar-refractivity contribution < 1.29 is 61.8 Å². The molecule has 11 nitrogen and oxygen atoms in total. The second-order valence-corrected chi connectivity index (χ2v) is 20.9. The number of ether oxygens (including phenoxy) is 3. The van der Waals surface area contributed by atoms with Crippen LogP contribution in [-0.4, -0.2) is 87.1 Å². The van der Waals surface area contributed by atoms with Gasteiger partial charge in [-0.3, -0.25) is 9.59 Å². The van der Waals surface area contributed by atoms with Crippen molar-refractivity contribution in [2.45, 2.75) is 128 Å². The van der Waals surface area contributed by atoms with E-state index < -0.39 is 23.0 Å². The summed E-state index contributed by atoms with van der Waals surface area (Å²) < 4.78 is 69.5. The fourth-order valence-electron chi connectivity index (χ4n) is 11.5. The highest BCUT2D eigenvalue weighted by molar-refractivity contribution is 5.66. The minimum atomic E-state index is -0.597. The number of aliphatic hydroxyl groups is 4. The van der Waals surface area contributed by atoms with Crippen LogP contribution in [0.5, 0.6) is 5.75 Å². The second-order valence-electron chi connectivity index (χ2n) is 20.9. The third-order valence-electron chi connectivity index (χ3n) is 16.1. The Hall–Kier alpha value is -5.74. The van der Waals surface area contributed by atoms with Gasteiger partial charge in [-0.2, -0.15) is 0 Å². The summed E-state index contributed by atoms with van der Waals surface area (Å²) in [5, 5.41) is 38.4. The molecule has 4 aliphatic carbocycles. The molecule has 400 valence electrons. The van der Waals surface area contributed by atoms with Crippen LogP contribution in [-0.2, 0) is 40.7 Å². The largest absolute Gasteiger partial charge is 0.486 e. The molecular formula is C59H72F4N2O9. The standard InChI is InChI=1S/C18H21FN2O2.C15H19FO2.C14H17FO3.C12H15FO2/c1-11-17(9-20-13(3)21-11)23-12(2)18(8-15(18)10-22)14-5-4-6-16(19)7-14;1-10(2)15(8-13(15)9-18-11(3)17)12-5-4-6-14(16)7-12;1-9(16)14(7-12(14)8-18-10(2)17)11-4-3-5-13(15)6-11;1-8(15)12(6-10(12)7-14)9-3-2-4-11(13)5-9/h4-7,9,12,15,22H,8,10H2,1-3H3;4-7,10,13H,8-9H2,1-3H3;3-6,9,12,16H,7-8H2,1-2H3;2-5,8,10,14-15H,6-7H2,1H3/t12?,15-,18+;13-,15+;9?,12-,14+;8?,10-,12+/m0000/s1. The van der Waals surface area contributed by atoms with Crippen molar-refractivity contribution in [3.8, 4) is 5.75 Å². The van der Waals surface area contributed by atoms with Crippen molar-refractivity contribution in [3.63, 3.8) is 0 Å². The number of aliphatic hydroxyl groups excluding tert-OH is 4. The molecule has 74 heavy (non-hydrogen) atoms. The van der Waals surface area contributed by atoms with E-state index >= 15 is 0 Å². The Kier molecular flexibility index (Phi) is 18.5. The van der Waals surface area contributed by atoms with Gasteiger partial charge in [-0.05, 0) is 149 Å². The normalized spacial score (nSPS) is 27.0. The molecule has 3 unspecified atom stereocenters. The van der Waals surface area contributed by atoms with Gasteiger partial charge in [0.1, 0.15) is 35.2 Å². The molecule has 4 aliphatic rings. The highest BCUT2D eigenvalue weighted by Gasteiger charge is 2.61. The number of carbonyl (C=O) groups excluding carboxylic acids is 2. The number of esters is 2. The maximum Gasteiger partial charge on any atom is 0.302 e. The monoisotopic (exact) mass is 1030 g/mol. The van der Waals surface area contributed by atoms with Gasteiger partial charge >= 0.3 is 11.9 Å². The summed E-state index contributed by atoms with van der Waals surface area (Å²) >= 11 is 0. The van der Waals surface area contributed by atoms with E-state index in [1.807, 2.05) is 45.0 Å². The van der Waals surface area contributed by atoms with E-state index in [1.165, 1.54) is 56.3 Å². The van der Waals surface area contributed by atoms with E-state index in [1.54, 1.807) is 50.4 Å². The maximum atomic E-state index is 13.6. The number of carbonyl (C=O) groups is 2. The van der Waals surface area contributed by atoms with Gasteiger partial charge in [0.05, 0.1) is 37.3 Å². The van der Waals surface area contributed by atoms with Gasteiger partial charge in [0, 0.05) is 60.6 Å². The molecule has 11 atom stereocenters. The van der Waals surface area contributed by atoms with Crippen molar-refractivity contribution >= 4 is 11.9 Å². The maximum absolute atomic E-state index is 13.6. The summed E-state index contributed by atoms with van der Waals surface area (Å²) in [6.07, 6.45) is 3.47. The van der Waals surface area contributed by atoms with Gasteiger partial charge in [0.25, 0.3) is 0 Å². The number of halogens is 4. The fraction of sp³-hybridized carbons (Fsp3) is 0.492. The summed E-state index contributed by atoms with van der Waals surface area (Å²) in [4.78, 5) is 30.2. The highest BCUT2D eigenvalue weighted by Crippen LogP contribution is 2.60. The SMILES string of the molecule is CC(=O)OC[C@@H]1C[C@]1(c1cccc(F)c1)C(C)C.CC(=O)OC[C@@H]1C[C@]1(c1cccc(F)c1)C(C)O.CC(O)[C@@]1(c2cccc(F)c2)C[C@H]1CO.Cc1ncc(OC(C)[C@@]2(c3cccc(F)c3)C[C@H]2CO)c(C)n1. The number of hydrogen-bond donors (Lipinski definition) is 4. The van der Waals surface area contributed by atoms with E-state index in [4.69, 9.17) is 19.3 Å². The first-order valence-corrected chi connectivity index (χ1v) is 25.4. The molecule has 4 aromatic carbocycles. The van der Waals surface area contributed by atoms with Crippen molar-refractivity contribution in [2.24, 2.45) is 29.6 Å². The zero-order chi connectivity index (χ0) is 54.3. The zero-order valence-corrected chi connectivity index (χ0v) is 43.8. The Morgan fingerprint density at radius 3 is 1.28 bits per heavy atom. The van der Waals surface area contributed by atoms with Gasteiger partial charge in [0.15, 0.2) is 5.75 Å². The Morgan fingerprint density at radius 2 is 0.932 bits per heavy atom. The first-order valence-electron chi connectivity index (χ1n) is 25.4. The number of nitrogens with zero attached hydrogens (tertiary/aromatic N) is 2. The van der Waals surface area contributed by atoms with Crippen LogP contribution in [0.1, 0.15) is 108 Å². The Bertz CT molecular complexity index is 2640. The average molecular weight is 1030 g/mol. The van der Waals surface area contributed by atoms with Crippen LogP contribution in [0.25, 0.3) is 0 Å². The lowest BCUT2D eigenvalue weighted by molar-refractivity contribution is -0.142. The lowest BCUT2D eigenvalue weighted by Crippen LogP contribution is -2.32. The molecule has 1 heterocycles. The molecule has 9 rings (SSSR count). The van der Waals surface area contributed by atoms with Crippen LogP contribution >= 0.6 is 0 Å².